The first kappa shape index (κ1) is 10.0. The minimum absolute atomic E-state index is 0.489. The molecule has 0 aromatic carbocycles. The molecule has 0 radical (unpaired) electrons. The molecule has 0 atom stereocenters. The third-order valence-electron chi connectivity index (χ3n) is 2.49. The van der Waals surface area contributed by atoms with Gasteiger partial charge in [-0.15, -0.1) is 0 Å². The molecule has 0 aromatic heterocycles. The van der Waals surface area contributed by atoms with E-state index in [1.807, 2.05) is 13.8 Å². The summed E-state index contributed by atoms with van der Waals surface area (Å²) in [5, 5.41) is 9.52. The highest BCUT2D eigenvalue weighted by Gasteiger charge is 2.16. The molecule has 1 saturated heterocycles. The maximum atomic E-state index is 9.52. The molecule has 2 heteroatoms. The van der Waals surface area contributed by atoms with Crippen molar-refractivity contribution in [1.29, 1.82) is 0 Å². The Bertz CT molecular complexity index is 122. The molecule has 1 fully saturated rings. The number of hydrogen-bond donors (Lipinski definition) is 1. The lowest BCUT2D eigenvalue weighted by molar-refractivity contribution is 0.0550. The molecular weight excluding hydrogens is 150 g/mol. The van der Waals surface area contributed by atoms with Crippen LogP contribution in [0.4, 0.5) is 0 Å². The molecule has 1 heterocycles. The van der Waals surface area contributed by atoms with Crippen molar-refractivity contribution in [2.75, 3.05) is 19.6 Å². The highest BCUT2D eigenvalue weighted by molar-refractivity contribution is 4.70. The number of nitrogens with zero attached hydrogens (tertiary/aromatic N) is 1. The van der Waals surface area contributed by atoms with Crippen LogP contribution >= 0.6 is 0 Å². The Balaban J connectivity index is 2.13. The molecule has 2 nitrogen and oxygen atoms in total. The highest BCUT2D eigenvalue weighted by Crippen LogP contribution is 2.13. The summed E-state index contributed by atoms with van der Waals surface area (Å²) in [5.41, 5.74) is -0.489. The van der Waals surface area contributed by atoms with Crippen molar-refractivity contribution in [2.45, 2.75) is 45.1 Å². The topological polar surface area (TPSA) is 23.5 Å². The molecule has 0 unspecified atom stereocenters. The van der Waals surface area contributed by atoms with Crippen LogP contribution in [0.5, 0.6) is 0 Å². The second-order valence-electron chi connectivity index (χ2n) is 4.46. The third-order valence-corrected chi connectivity index (χ3v) is 2.49. The van der Waals surface area contributed by atoms with E-state index in [0.29, 0.717) is 0 Å². The Hall–Kier alpha value is -0.0800. The summed E-state index contributed by atoms with van der Waals surface area (Å²) in [7, 11) is 0. The van der Waals surface area contributed by atoms with Crippen LogP contribution in [0, 0.1) is 0 Å². The fourth-order valence-corrected chi connectivity index (χ4v) is 1.61. The van der Waals surface area contributed by atoms with Crippen molar-refractivity contribution >= 4 is 0 Å². The lowest BCUT2D eigenvalue weighted by Gasteiger charge is -2.29. The average molecular weight is 171 g/mol. The molecule has 12 heavy (non-hydrogen) atoms. The van der Waals surface area contributed by atoms with E-state index >= 15 is 0 Å². The second-order valence-corrected chi connectivity index (χ2v) is 4.46. The van der Waals surface area contributed by atoms with Gasteiger partial charge in [-0.2, -0.15) is 0 Å². The van der Waals surface area contributed by atoms with Gasteiger partial charge in [0.25, 0.3) is 0 Å². The van der Waals surface area contributed by atoms with E-state index in [4.69, 9.17) is 0 Å². The van der Waals surface area contributed by atoms with Crippen molar-refractivity contribution in [1.82, 2.24) is 4.90 Å². The predicted octanol–water partition coefficient (Wildman–Crippen LogP) is 1.63. The van der Waals surface area contributed by atoms with E-state index in [9.17, 15) is 5.11 Å². The molecule has 1 aliphatic rings. The summed E-state index contributed by atoms with van der Waals surface area (Å²) in [6, 6.07) is 0. The molecule has 0 saturated carbocycles. The molecule has 72 valence electrons. The summed E-state index contributed by atoms with van der Waals surface area (Å²) in [6.07, 6.45) is 4.96. The zero-order valence-corrected chi connectivity index (χ0v) is 8.34. The summed E-state index contributed by atoms with van der Waals surface area (Å²) in [6.45, 7) is 7.30. The number of hydrogen-bond acceptors (Lipinski definition) is 2. The zero-order valence-electron chi connectivity index (χ0n) is 8.34. The summed E-state index contributed by atoms with van der Waals surface area (Å²) < 4.78 is 0. The number of likely N-dealkylation sites (tertiary alicyclic amines) is 1. The monoisotopic (exact) mass is 171 g/mol. The maximum Gasteiger partial charge on any atom is 0.0603 e. The van der Waals surface area contributed by atoms with Gasteiger partial charge in [-0.3, -0.25) is 0 Å². The SMILES string of the molecule is CC(C)(O)CCN1CCCCC1. The first-order chi connectivity index (χ1) is 5.58. The van der Waals surface area contributed by atoms with Gasteiger partial charge in [0, 0.05) is 6.54 Å². The van der Waals surface area contributed by atoms with Crippen LogP contribution in [0.25, 0.3) is 0 Å². The number of piperidine rings is 1. The Morgan fingerprint density at radius 2 is 1.75 bits per heavy atom. The Kier molecular flexibility index (Phi) is 3.53. The normalized spacial score (nSPS) is 21.2. The lowest BCUT2D eigenvalue weighted by Crippen LogP contribution is -2.34. The van der Waals surface area contributed by atoms with E-state index in [-0.39, 0.29) is 0 Å². The molecule has 0 aromatic rings. The van der Waals surface area contributed by atoms with Crippen molar-refractivity contribution < 1.29 is 5.11 Å². The fourth-order valence-electron chi connectivity index (χ4n) is 1.61. The van der Waals surface area contributed by atoms with E-state index in [1.165, 1.54) is 32.4 Å². The molecule has 0 bridgehead atoms. The van der Waals surface area contributed by atoms with Crippen molar-refractivity contribution in [3.8, 4) is 0 Å². The molecular formula is C10H21NO. The molecule has 1 rings (SSSR count). The number of aliphatic hydroxyl groups is 1. The predicted molar refractivity (Wildman–Crippen MR) is 51.2 cm³/mol. The van der Waals surface area contributed by atoms with E-state index < -0.39 is 5.60 Å². The molecule has 0 spiro atoms. The smallest absolute Gasteiger partial charge is 0.0603 e. The quantitative estimate of drug-likeness (QED) is 0.697. The van der Waals surface area contributed by atoms with Gasteiger partial charge in [-0.25, -0.2) is 0 Å². The van der Waals surface area contributed by atoms with E-state index in [1.54, 1.807) is 0 Å². The largest absolute Gasteiger partial charge is 0.390 e. The van der Waals surface area contributed by atoms with E-state index in [2.05, 4.69) is 4.90 Å². The third kappa shape index (κ3) is 4.07. The first-order valence-corrected chi connectivity index (χ1v) is 5.03. The first-order valence-electron chi connectivity index (χ1n) is 5.03. The van der Waals surface area contributed by atoms with Gasteiger partial charge in [-0.1, -0.05) is 6.42 Å². The van der Waals surface area contributed by atoms with Gasteiger partial charge in [0.1, 0.15) is 0 Å². The molecule has 0 aliphatic carbocycles. The second kappa shape index (κ2) is 4.24. The zero-order chi connectivity index (χ0) is 9.03. The van der Waals surface area contributed by atoms with Crippen LogP contribution in [-0.2, 0) is 0 Å². The molecule has 1 N–H and O–H groups in total. The number of rotatable bonds is 3. The van der Waals surface area contributed by atoms with Crippen molar-refractivity contribution in [3.05, 3.63) is 0 Å². The van der Waals surface area contributed by atoms with Gasteiger partial charge in [-0.05, 0) is 46.2 Å². The van der Waals surface area contributed by atoms with Crippen LogP contribution in [0.15, 0.2) is 0 Å². The fraction of sp³-hybridized carbons (Fsp3) is 1.00. The maximum absolute atomic E-state index is 9.52. The Morgan fingerprint density at radius 3 is 2.25 bits per heavy atom. The van der Waals surface area contributed by atoms with Gasteiger partial charge in [0.05, 0.1) is 5.60 Å². The van der Waals surface area contributed by atoms with Crippen molar-refractivity contribution in [3.63, 3.8) is 0 Å². The standard InChI is InChI=1S/C10H21NO/c1-10(2,12)6-9-11-7-4-3-5-8-11/h12H,3-9H2,1-2H3. The molecule has 1 aliphatic heterocycles. The minimum Gasteiger partial charge on any atom is -0.390 e. The van der Waals surface area contributed by atoms with Crippen LogP contribution in [0.3, 0.4) is 0 Å². The van der Waals surface area contributed by atoms with Crippen LogP contribution in [-0.4, -0.2) is 35.2 Å². The molecule has 0 amide bonds. The lowest BCUT2D eigenvalue weighted by atomic mass is 10.0. The van der Waals surface area contributed by atoms with Gasteiger partial charge in [0.2, 0.25) is 0 Å². The van der Waals surface area contributed by atoms with Gasteiger partial charge < -0.3 is 10.0 Å². The highest BCUT2D eigenvalue weighted by atomic mass is 16.3. The van der Waals surface area contributed by atoms with Crippen LogP contribution in [0.2, 0.25) is 0 Å². The Labute approximate surface area is 75.6 Å². The van der Waals surface area contributed by atoms with Gasteiger partial charge in [0.15, 0.2) is 0 Å². The average Bonchev–Trinajstić information content (AvgIpc) is 2.02. The van der Waals surface area contributed by atoms with Crippen LogP contribution in [0.1, 0.15) is 39.5 Å². The van der Waals surface area contributed by atoms with Crippen molar-refractivity contribution in [2.24, 2.45) is 0 Å². The van der Waals surface area contributed by atoms with E-state index in [0.717, 1.165) is 13.0 Å². The summed E-state index contributed by atoms with van der Waals surface area (Å²) >= 11 is 0. The Morgan fingerprint density at radius 1 is 1.17 bits per heavy atom. The van der Waals surface area contributed by atoms with Crippen LogP contribution < -0.4 is 0 Å². The van der Waals surface area contributed by atoms with Gasteiger partial charge >= 0.3 is 0 Å². The summed E-state index contributed by atoms with van der Waals surface area (Å²) in [4.78, 5) is 2.46. The summed E-state index contributed by atoms with van der Waals surface area (Å²) in [5.74, 6) is 0. The minimum atomic E-state index is -0.489.